The maximum Gasteiger partial charge on any atom is 0.0845 e. The molecule has 0 aromatic carbocycles. The Morgan fingerprint density at radius 2 is 2.06 bits per heavy atom. The van der Waals surface area contributed by atoms with Crippen LogP contribution in [0.5, 0.6) is 0 Å². The van der Waals surface area contributed by atoms with Crippen molar-refractivity contribution in [3.05, 3.63) is 29.8 Å². The van der Waals surface area contributed by atoms with E-state index in [0.29, 0.717) is 5.92 Å². The van der Waals surface area contributed by atoms with E-state index in [0.717, 1.165) is 25.2 Å². The first-order chi connectivity index (χ1) is 8.13. The maximum absolute atomic E-state index is 4.25. The van der Waals surface area contributed by atoms with Gasteiger partial charge in [-0.15, -0.1) is 5.10 Å². The van der Waals surface area contributed by atoms with Gasteiger partial charge in [0, 0.05) is 31.9 Å². The first-order valence-corrected chi connectivity index (χ1v) is 6.01. The van der Waals surface area contributed by atoms with Crippen LogP contribution in [-0.4, -0.2) is 24.8 Å². The maximum atomic E-state index is 4.25. The lowest BCUT2D eigenvalue weighted by Crippen LogP contribution is -2.04. The van der Waals surface area contributed by atoms with Gasteiger partial charge in [-0.1, -0.05) is 19.1 Å². The van der Waals surface area contributed by atoms with Gasteiger partial charge in [0.2, 0.25) is 0 Å². The van der Waals surface area contributed by atoms with Gasteiger partial charge in [-0.05, 0) is 18.4 Å². The molecule has 5 nitrogen and oxygen atoms in total. The van der Waals surface area contributed by atoms with E-state index in [1.165, 1.54) is 5.56 Å². The average Bonchev–Trinajstić information content (AvgIpc) is 2.84. The normalized spacial score (nSPS) is 11.3. The number of nitrogens with zero attached hydrogens (tertiary/aromatic N) is 5. The van der Waals surface area contributed by atoms with Crippen LogP contribution in [0.25, 0.3) is 0 Å². The van der Waals surface area contributed by atoms with Crippen molar-refractivity contribution in [3.63, 3.8) is 0 Å². The number of rotatable bonds is 5. The Hall–Kier alpha value is -1.65. The molecule has 0 N–H and O–H groups in total. The molecule has 0 aliphatic heterocycles. The molecule has 2 aromatic heterocycles. The molecule has 0 fully saturated rings. The topological polar surface area (TPSA) is 48.5 Å². The van der Waals surface area contributed by atoms with E-state index >= 15 is 0 Å². The molecule has 0 bridgehead atoms. The lowest BCUT2D eigenvalue weighted by Gasteiger charge is -2.02. The van der Waals surface area contributed by atoms with Crippen molar-refractivity contribution in [2.45, 2.75) is 40.3 Å². The van der Waals surface area contributed by atoms with Crippen LogP contribution in [0.4, 0.5) is 0 Å². The van der Waals surface area contributed by atoms with Gasteiger partial charge in [0.25, 0.3) is 0 Å². The molecule has 2 aromatic rings. The van der Waals surface area contributed by atoms with Crippen LogP contribution in [0.3, 0.4) is 0 Å². The van der Waals surface area contributed by atoms with E-state index in [4.69, 9.17) is 0 Å². The van der Waals surface area contributed by atoms with E-state index in [9.17, 15) is 0 Å². The van der Waals surface area contributed by atoms with E-state index in [-0.39, 0.29) is 0 Å². The van der Waals surface area contributed by atoms with Crippen molar-refractivity contribution >= 4 is 0 Å². The Morgan fingerprint density at radius 1 is 1.24 bits per heavy atom. The fraction of sp³-hybridized carbons (Fsp3) is 0.583. The van der Waals surface area contributed by atoms with E-state index in [2.05, 4.69) is 29.3 Å². The summed E-state index contributed by atoms with van der Waals surface area (Å²) in [6.45, 7) is 8.17. The fourth-order valence-electron chi connectivity index (χ4n) is 1.73. The average molecular weight is 233 g/mol. The monoisotopic (exact) mass is 233 g/mol. The zero-order valence-electron chi connectivity index (χ0n) is 10.7. The minimum Gasteiger partial charge on any atom is -0.272 e. The van der Waals surface area contributed by atoms with Crippen LogP contribution in [0, 0.1) is 12.8 Å². The molecule has 2 heterocycles. The van der Waals surface area contributed by atoms with Crippen molar-refractivity contribution in [2.24, 2.45) is 5.92 Å². The molecule has 17 heavy (non-hydrogen) atoms. The van der Waals surface area contributed by atoms with Crippen LogP contribution >= 0.6 is 0 Å². The predicted molar refractivity (Wildman–Crippen MR) is 65.5 cm³/mol. The molecule has 0 aliphatic carbocycles. The van der Waals surface area contributed by atoms with Crippen molar-refractivity contribution in [1.29, 1.82) is 0 Å². The lowest BCUT2D eigenvalue weighted by atomic mass is 10.2. The zero-order chi connectivity index (χ0) is 12.3. The highest BCUT2D eigenvalue weighted by molar-refractivity contribution is 5.00. The Labute approximate surface area is 101 Å². The van der Waals surface area contributed by atoms with Crippen LogP contribution in [0.2, 0.25) is 0 Å². The molecule has 0 radical (unpaired) electrons. The zero-order valence-corrected chi connectivity index (χ0v) is 10.7. The SMILES string of the molecule is Cc1cnn(CCc2cn(CC(C)C)nn2)c1. The fourth-order valence-corrected chi connectivity index (χ4v) is 1.73. The Balaban J connectivity index is 1.89. The van der Waals surface area contributed by atoms with E-state index < -0.39 is 0 Å². The second-order valence-electron chi connectivity index (χ2n) is 4.86. The summed E-state index contributed by atoms with van der Waals surface area (Å²) >= 11 is 0. The number of hydrogen-bond acceptors (Lipinski definition) is 3. The third-order valence-corrected chi connectivity index (χ3v) is 2.50. The molecule has 0 unspecified atom stereocenters. The molecular weight excluding hydrogens is 214 g/mol. The minimum atomic E-state index is 0.596. The summed E-state index contributed by atoms with van der Waals surface area (Å²) in [7, 11) is 0. The molecule has 0 spiro atoms. The first-order valence-electron chi connectivity index (χ1n) is 6.01. The molecule has 5 heteroatoms. The van der Waals surface area contributed by atoms with Crippen molar-refractivity contribution in [3.8, 4) is 0 Å². The smallest absolute Gasteiger partial charge is 0.0845 e. The quantitative estimate of drug-likeness (QED) is 0.789. The van der Waals surface area contributed by atoms with Gasteiger partial charge < -0.3 is 0 Å². The summed E-state index contributed by atoms with van der Waals surface area (Å²) in [4.78, 5) is 0. The highest BCUT2D eigenvalue weighted by Gasteiger charge is 2.03. The molecule has 0 saturated heterocycles. The Bertz CT molecular complexity index is 469. The van der Waals surface area contributed by atoms with E-state index in [1.807, 2.05) is 34.9 Å². The molecular formula is C12H19N5. The van der Waals surface area contributed by atoms with Crippen molar-refractivity contribution in [1.82, 2.24) is 24.8 Å². The number of hydrogen-bond donors (Lipinski definition) is 0. The second kappa shape index (κ2) is 5.12. The lowest BCUT2D eigenvalue weighted by molar-refractivity contribution is 0.472. The Kier molecular flexibility index (Phi) is 3.56. The summed E-state index contributed by atoms with van der Waals surface area (Å²) in [5.41, 5.74) is 2.22. The van der Waals surface area contributed by atoms with Crippen molar-refractivity contribution < 1.29 is 0 Å². The highest BCUT2D eigenvalue weighted by atomic mass is 15.4. The van der Waals surface area contributed by atoms with Gasteiger partial charge in [0.05, 0.1) is 11.9 Å². The van der Waals surface area contributed by atoms with Gasteiger partial charge in [0.15, 0.2) is 0 Å². The summed E-state index contributed by atoms with van der Waals surface area (Å²) in [6, 6.07) is 0. The molecule has 0 amide bonds. The van der Waals surface area contributed by atoms with Gasteiger partial charge in [-0.2, -0.15) is 5.10 Å². The highest BCUT2D eigenvalue weighted by Crippen LogP contribution is 2.02. The Morgan fingerprint density at radius 3 is 2.71 bits per heavy atom. The molecule has 0 aliphatic rings. The summed E-state index contributed by atoms with van der Waals surface area (Å²) in [5, 5.41) is 12.5. The van der Waals surface area contributed by atoms with Gasteiger partial charge in [-0.25, -0.2) is 0 Å². The number of aromatic nitrogens is 5. The summed E-state index contributed by atoms with van der Waals surface area (Å²) in [5.74, 6) is 0.596. The third kappa shape index (κ3) is 3.41. The minimum absolute atomic E-state index is 0.596. The predicted octanol–water partition coefficient (Wildman–Crippen LogP) is 1.68. The summed E-state index contributed by atoms with van der Waals surface area (Å²) < 4.78 is 3.85. The number of aryl methyl sites for hydroxylation is 3. The van der Waals surface area contributed by atoms with Gasteiger partial charge >= 0.3 is 0 Å². The second-order valence-corrected chi connectivity index (χ2v) is 4.86. The summed E-state index contributed by atoms with van der Waals surface area (Å²) in [6.07, 6.45) is 6.81. The van der Waals surface area contributed by atoms with Crippen molar-refractivity contribution in [2.75, 3.05) is 0 Å². The molecule has 0 saturated carbocycles. The van der Waals surface area contributed by atoms with E-state index in [1.54, 1.807) is 0 Å². The molecule has 2 rings (SSSR count). The van der Waals surface area contributed by atoms with Crippen LogP contribution in [-0.2, 0) is 19.5 Å². The third-order valence-electron chi connectivity index (χ3n) is 2.50. The van der Waals surface area contributed by atoms with Crippen LogP contribution in [0.15, 0.2) is 18.6 Å². The largest absolute Gasteiger partial charge is 0.272 e. The van der Waals surface area contributed by atoms with Crippen LogP contribution < -0.4 is 0 Å². The molecule has 0 atom stereocenters. The van der Waals surface area contributed by atoms with Crippen LogP contribution in [0.1, 0.15) is 25.1 Å². The first kappa shape index (κ1) is 11.8. The molecule has 92 valence electrons. The standard InChI is InChI=1S/C12H19N5/c1-10(2)7-17-9-12(14-15-17)4-5-16-8-11(3)6-13-16/h6,8-10H,4-5,7H2,1-3H3. The van der Waals surface area contributed by atoms with Gasteiger partial charge in [0.1, 0.15) is 0 Å². The van der Waals surface area contributed by atoms with Gasteiger partial charge in [-0.3, -0.25) is 9.36 Å².